The summed E-state index contributed by atoms with van der Waals surface area (Å²) >= 11 is 1.54. The Kier molecular flexibility index (Phi) is 5.00. The Morgan fingerprint density at radius 3 is 2.63 bits per heavy atom. The first-order valence-corrected chi connectivity index (χ1v) is 7.30. The summed E-state index contributed by atoms with van der Waals surface area (Å²) in [5.74, 6) is 0.660. The molecule has 100 valence electrons. The molecule has 0 amide bonds. The molecule has 0 saturated carbocycles. The monoisotopic (exact) mass is 275 g/mol. The Balaban J connectivity index is 2.06. The summed E-state index contributed by atoms with van der Waals surface area (Å²) in [7, 11) is 1.94. The number of nitrogens with one attached hydrogen (secondary N) is 1. The maximum atomic E-state index is 13.6. The van der Waals surface area contributed by atoms with E-state index in [0.29, 0.717) is 4.90 Å². The van der Waals surface area contributed by atoms with Crippen LogP contribution >= 0.6 is 11.8 Å². The zero-order valence-electron chi connectivity index (χ0n) is 11.2. The fourth-order valence-corrected chi connectivity index (χ4v) is 3.05. The van der Waals surface area contributed by atoms with Gasteiger partial charge in [0.2, 0.25) is 0 Å². The largest absolute Gasteiger partial charge is 0.312 e. The molecule has 1 N–H and O–H groups in total. The van der Waals surface area contributed by atoms with E-state index in [4.69, 9.17) is 0 Å². The third-order valence-corrected chi connectivity index (χ3v) is 4.18. The van der Waals surface area contributed by atoms with Crippen LogP contribution in [0.5, 0.6) is 0 Å². The molecule has 0 saturated heterocycles. The van der Waals surface area contributed by atoms with Crippen LogP contribution in [0.3, 0.4) is 0 Å². The van der Waals surface area contributed by atoms with Gasteiger partial charge in [0.25, 0.3) is 0 Å². The van der Waals surface area contributed by atoms with Gasteiger partial charge >= 0.3 is 0 Å². The molecular weight excluding hydrogens is 257 g/mol. The molecule has 0 aromatic heterocycles. The minimum absolute atomic E-state index is 0.147. The summed E-state index contributed by atoms with van der Waals surface area (Å²) in [4.78, 5) is 0.704. The third-order valence-electron chi connectivity index (χ3n) is 3.04. The van der Waals surface area contributed by atoms with E-state index in [1.54, 1.807) is 17.8 Å². The van der Waals surface area contributed by atoms with Crippen LogP contribution in [0.1, 0.15) is 17.2 Å². The molecule has 0 heterocycles. The molecule has 0 aliphatic carbocycles. The van der Waals surface area contributed by atoms with Gasteiger partial charge in [-0.25, -0.2) is 4.39 Å². The number of hydrogen-bond donors (Lipinski definition) is 1. The maximum Gasteiger partial charge on any atom is 0.136 e. The first kappa shape index (κ1) is 14.1. The van der Waals surface area contributed by atoms with E-state index < -0.39 is 0 Å². The zero-order valence-corrected chi connectivity index (χ0v) is 12.0. The molecule has 0 aliphatic heterocycles. The van der Waals surface area contributed by atoms with Gasteiger partial charge in [-0.3, -0.25) is 0 Å². The number of halogens is 1. The molecule has 2 aromatic rings. The van der Waals surface area contributed by atoms with Gasteiger partial charge in [0.1, 0.15) is 5.82 Å². The zero-order chi connectivity index (χ0) is 13.7. The van der Waals surface area contributed by atoms with Gasteiger partial charge in [-0.1, -0.05) is 42.0 Å². The molecule has 3 heteroatoms. The highest BCUT2D eigenvalue weighted by Gasteiger charge is 2.11. The predicted octanol–water partition coefficient (Wildman–Crippen LogP) is 4.19. The molecule has 0 bridgehead atoms. The minimum Gasteiger partial charge on any atom is -0.312 e. The molecular formula is C16H18FNS. The number of aryl methyl sites for hydroxylation is 1. The highest BCUT2D eigenvalue weighted by Crippen LogP contribution is 2.26. The molecule has 1 unspecified atom stereocenters. The van der Waals surface area contributed by atoms with Crippen molar-refractivity contribution in [3.05, 3.63) is 65.5 Å². The first-order valence-electron chi connectivity index (χ1n) is 6.32. The van der Waals surface area contributed by atoms with Crippen LogP contribution in [0.2, 0.25) is 0 Å². The molecule has 1 nitrogen and oxygen atoms in total. The summed E-state index contributed by atoms with van der Waals surface area (Å²) < 4.78 is 13.6. The quantitative estimate of drug-likeness (QED) is 0.821. The molecule has 1 atom stereocenters. The molecule has 0 aliphatic rings. The Morgan fingerprint density at radius 2 is 1.95 bits per heavy atom. The van der Waals surface area contributed by atoms with E-state index in [1.807, 2.05) is 19.2 Å². The van der Waals surface area contributed by atoms with Crippen LogP contribution in [0.15, 0.2) is 53.4 Å². The van der Waals surface area contributed by atoms with Crippen LogP contribution < -0.4 is 5.32 Å². The SMILES string of the molecule is CNC(CSc1ccccc1F)c1cccc(C)c1. The van der Waals surface area contributed by atoms with Gasteiger partial charge < -0.3 is 5.32 Å². The predicted molar refractivity (Wildman–Crippen MR) is 80.1 cm³/mol. The van der Waals surface area contributed by atoms with Crippen LogP contribution in [-0.4, -0.2) is 12.8 Å². The molecule has 0 fully saturated rings. The summed E-state index contributed by atoms with van der Waals surface area (Å²) in [5.41, 5.74) is 2.49. The lowest BCUT2D eigenvalue weighted by molar-refractivity contribution is 0.601. The van der Waals surface area contributed by atoms with E-state index in [2.05, 4.69) is 36.5 Å². The lowest BCUT2D eigenvalue weighted by Gasteiger charge is -2.17. The molecule has 0 spiro atoms. The van der Waals surface area contributed by atoms with Gasteiger partial charge in [-0.05, 0) is 31.7 Å². The van der Waals surface area contributed by atoms with Crippen LogP contribution in [0.4, 0.5) is 4.39 Å². The van der Waals surface area contributed by atoms with E-state index in [-0.39, 0.29) is 11.9 Å². The van der Waals surface area contributed by atoms with Crippen molar-refractivity contribution in [2.45, 2.75) is 17.9 Å². The van der Waals surface area contributed by atoms with Crippen molar-refractivity contribution in [2.75, 3.05) is 12.8 Å². The second-order valence-corrected chi connectivity index (χ2v) is 5.56. The Labute approximate surface area is 118 Å². The maximum absolute atomic E-state index is 13.6. The average molecular weight is 275 g/mol. The number of thioether (sulfide) groups is 1. The average Bonchev–Trinajstić information content (AvgIpc) is 2.41. The van der Waals surface area contributed by atoms with E-state index in [0.717, 1.165) is 5.75 Å². The second kappa shape index (κ2) is 6.73. The van der Waals surface area contributed by atoms with Crippen molar-refractivity contribution in [1.29, 1.82) is 0 Å². The highest BCUT2D eigenvalue weighted by atomic mass is 32.2. The topological polar surface area (TPSA) is 12.0 Å². The summed E-state index contributed by atoms with van der Waals surface area (Å²) in [6, 6.07) is 15.6. The molecule has 2 aromatic carbocycles. The number of rotatable bonds is 5. The smallest absolute Gasteiger partial charge is 0.136 e. The first-order chi connectivity index (χ1) is 9.20. The third kappa shape index (κ3) is 3.82. The number of benzene rings is 2. The Bertz CT molecular complexity index is 542. The van der Waals surface area contributed by atoms with Crippen molar-refractivity contribution >= 4 is 11.8 Å². The summed E-state index contributed by atoms with van der Waals surface area (Å²) in [6.07, 6.45) is 0. The molecule has 2 rings (SSSR count). The number of hydrogen-bond acceptors (Lipinski definition) is 2. The van der Waals surface area contributed by atoms with Crippen molar-refractivity contribution in [3.63, 3.8) is 0 Å². The van der Waals surface area contributed by atoms with Crippen molar-refractivity contribution in [3.8, 4) is 0 Å². The fraction of sp³-hybridized carbons (Fsp3) is 0.250. The lowest BCUT2D eigenvalue weighted by atomic mass is 10.1. The van der Waals surface area contributed by atoms with Gasteiger partial charge in [0.15, 0.2) is 0 Å². The van der Waals surface area contributed by atoms with E-state index in [9.17, 15) is 4.39 Å². The Morgan fingerprint density at radius 1 is 1.16 bits per heavy atom. The summed E-state index contributed by atoms with van der Waals surface area (Å²) in [5, 5.41) is 3.29. The standard InChI is InChI=1S/C16H18FNS/c1-12-6-5-7-13(10-12)15(18-2)11-19-16-9-4-3-8-14(16)17/h3-10,15,18H,11H2,1-2H3. The van der Waals surface area contributed by atoms with Crippen LogP contribution in [0, 0.1) is 12.7 Å². The van der Waals surface area contributed by atoms with Gasteiger partial charge in [-0.2, -0.15) is 0 Å². The van der Waals surface area contributed by atoms with Gasteiger partial charge in [0.05, 0.1) is 0 Å². The van der Waals surface area contributed by atoms with Crippen LogP contribution in [-0.2, 0) is 0 Å². The molecule has 19 heavy (non-hydrogen) atoms. The normalized spacial score (nSPS) is 12.4. The van der Waals surface area contributed by atoms with E-state index >= 15 is 0 Å². The fourth-order valence-electron chi connectivity index (χ4n) is 1.97. The van der Waals surface area contributed by atoms with Gasteiger partial charge in [-0.15, -0.1) is 11.8 Å². The van der Waals surface area contributed by atoms with Crippen molar-refractivity contribution in [2.24, 2.45) is 0 Å². The van der Waals surface area contributed by atoms with Gasteiger partial charge in [0, 0.05) is 16.7 Å². The minimum atomic E-state index is -0.147. The lowest BCUT2D eigenvalue weighted by Crippen LogP contribution is -2.18. The second-order valence-electron chi connectivity index (χ2n) is 4.50. The van der Waals surface area contributed by atoms with Crippen molar-refractivity contribution in [1.82, 2.24) is 5.32 Å². The van der Waals surface area contributed by atoms with Crippen LogP contribution in [0.25, 0.3) is 0 Å². The Hall–Kier alpha value is -1.32. The van der Waals surface area contributed by atoms with Crippen molar-refractivity contribution < 1.29 is 4.39 Å². The highest BCUT2D eigenvalue weighted by molar-refractivity contribution is 7.99. The summed E-state index contributed by atoms with van der Waals surface area (Å²) in [6.45, 7) is 2.08. The molecule has 0 radical (unpaired) electrons. The van der Waals surface area contributed by atoms with E-state index in [1.165, 1.54) is 17.2 Å².